The Morgan fingerprint density at radius 2 is 1.71 bits per heavy atom. The Morgan fingerprint density at radius 3 is 2.42 bits per heavy atom. The van der Waals surface area contributed by atoms with Crippen molar-refractivity contribution in [3.63, 3.8) is 0 Å². The fraction of sp³-hybridized carbons (Fsp3) is 0.263. The highest BCUT2D eigenvalue weighted by Gasteiger charge is 2.36. The largest absolute Gasteiger partial charge is 0.464 e. The zero-order chi connectivity index (χ0) is 16.9. The van der Waals surface area contributed by atoms with E-state index in [4.69, 9.17) is 9.47 Å². The van der Waals surface area contributed by atoms with Gasteiger partial charge in [0.15, 0.2) is 0 Å². The summed E-state index contributed by atoms with van der Waals surface area (Å²) in [5.74, 6) is 0.0426. The number of para-hydroxylation sites is 1. The van der Waals surface area contributed by atoms with Crippen molar-refractivity contribution in [2.75, 3.05) is 6.61 Å². The summed E-state index contributed by atoms with van der Waals surface area (Å²) < 4.78 is 10.5. The van der Waals surface area contributed by atoms with Crippen molar-refractivity contribution in [3.8, 4) is 5.75 Å². The molecule has 1 unspecified atom stereocenters. The third-order valence-corrected chi connectivity index (χ3v) is 3.99. The number of ether oxygens (including phenoxy) is 2. The lowest BCUT2D eigenvalue weighted by Crippen LogP contribution is -2.50. The molecule has 5 nitrogen and oxygen atoms in total. The first-order valence-electron chi connectivity index (χ1n) is 7.96. The van der Waals surface area contributed by atoms with Gasteiger partial charge in [0, 0.05) is 6.42 Å². The third kappa shape index (κ3) is 3.40. The lowest BCUT2D eigenvalue weighted by atomic mass is 9.94. The Labute approximate surface area is 140 Å². The molecule has 0 bridgehead atoms. The molecule has 0 N–H and O–H groups in total. The molecule has 1 amide bonds. The Kier molecular flexibility index (Phi) is 4.79. The maximum atomic E-state index is 12.6. The predicted octanol–water partition coefficient (Wildman–Crippen LogP) is 3.18. The molecule has 0 aromatic heterocycles. The molecule has 5 heteroatoms. The monoisotopic (exact) mass is 325 g/mol. The zero-order valence-electron chi connectivity index (χ0n) is 13.5. The maximum absolute atomic E-state index is 12.6. The average Bonchev–Trinajstić information content (AvgIpc) is 2.61. The molecule has 0 fully saturated rings. The topological polar surface area (TPSA) is 55.8 Å². The first-order chi connectivity index (χ1) is 11.7. The van der Waals surface area contributed by atoms with E-state index >= 15 is 0 Å². The molecule has 0 aliphatic carbocycles. The molecule has 1 aliphatic rings. The molecule has 3 rings (SSSR count). The quantitative estimate of drug-likeness (QED) is 0.813. The van der Waals surface area contributed by atoms with Gasteiger partial charge in [0.05, 0.1) is 13.2 Å². The number of esters is 1. The van der Waals surface area contributed by atoms with Crippen LogP contribution >= 0.6 is 0 Å². The van der Waals surface area contributed by atoms with Gasteiger partial charge in [0.25, 0.3) is 0 Å². The second-order valence-corrected chi connectivity index (χ2v) is 5.55. The van der Waals surface area contributed by atoms with Gasteiger partial charge in [0.2, 0.25) is 0 Å². The Hall–Kier alpha value is -2.82. The summed E-state index contributed by atoms with van der Waals surface area (Å²) in [5, 5.41) is 0. The van der Waals surface area contributed by atoms with Gasteiger partial charge in [0.1, 0.15) is 11.8 Å². The minimum atomic E-state index is -0.670. The van der Waals surface area contributed by atoms with Crippen molar-refractivity contribution in [2.45, 2.75) is 25.9 Å². The van der Waals surface area contributed by atoms with E-state index in [2.05, 4.69) is 0 Å². The average molecular weight is 325 g/mol. The van der Waals surface area contributed by atoms with E-state index in [-0.39, 0.29) is 6.61 Å². The summed E-state index contributed by atoms with van der Waals surface area (Å²) in [4.78, 5) is 26.3. The van der Waals surface area contributed by atoms with E-state index < -0.39 is 18.1 Å². The molecule has 24 heavy (non-hydrogen) atoms. The summed E-state index contributed by atoms with van der Waals surface area (Å²) in [6, 6.07) is 15.9. The summed E-state index contributed by atoms with van der Waals surface area (Å²) >= 11 is 0. The van der Waals surface area contributed by atoms with Crippen molar-refractivity contribution in [1.29, 1.82) is 0 Å². The predicted molar refractivity (Wildman–Crippen MR) is 88.6 cm³/mol. The normalized spacial score (nSPS) is 16.2. The Bertz CT molecular complexity index is 729. The molecule has 0 radical (unpaired) electrons. The van der Waals surface area contributed by atoms with Crippen LogP contribution in [0.2, 0.25) is 0 Å². The minimum absolute atomic E-state index is 0.276. The number of amides is 1. The number of nitrogens with zero attached hydrogens (tertiary/aromatic N) is 1. The molecule has 1 aliphatic heterocycles. The van der Waals surface area contributed by atoms with Gasteiger partial charge in [-0.15, -0.1) is 0 Å². The van der Waals surface area contributed by atoms with Gasteiger partial charge in [-0.25, -0.2) is 9.59 Å². The van der Waals surface area contributed by atoms with Crippen molar-refractivity contribution in [2.24, 2.45) is 0 Å². The van der Waals surface area contributed by atoms with E-state index in [1.165, 1.54) is 4.90 Å². The van der Waals surface area contributed by atoms with Crippen LogP contribution in [-0.4, -0.2) is 29.6 Å². The number of hydrogen-bond acceptors (Lipinski definition) is 4. The highest BCUT2D eigenvalue weighted by molar-refractivity contribution is 5.83. The van der Waals surface area contributed by atoms with Crippen molar-refractivity contribution < 1.29 is 19.1 Å². The van der Waals surface area contributed by atoms with Gasteiger partial charge in [-0.3, -0.25) is 4.90 Å². The van der Waals surface area contributed by atoms with Gasteiger partial charge in [-0.05, 0) is 30.2 Å². The third-order valence-electron chi connectivity index (χ3n) is 3.99. The van der Waals surface area contributed by atoms with Crippen LogP contribution in [-0.2, 0) is 22.5 Å². The van der Waals surface area contributed by atoms with Crippen molar-refractivity contribution in [1.82, 2.24) is 4.90 Å². The lowest BCUT2D eigenvalue weighted by molar-refractivity contribution is -0.149. The molecule has 2 aromatic carbocycles. The van der Waals surface area contributed by atoms with Gasteiger partial charge in [-0.2, -0.15) is 0 Å². The number of hydrogen-bond donors (Lipinski definition) is 0. The highest BCUT2D eigenvalue weighted by Crippen LogP contribution is 2.25. The number of carbonyl (C=O) groups excluding carboxylic acids is 2. The summed E-state index contributed by atoms with van der Waals surface area (Å²) in [7, 11) is 0. The Morgan fingerprint density at radius 1 is 1.04 bits per heavy atom. The van der Waals surface area contributed by atoms with Crippen molar-refractivity contribution >= 4 is 12.1 Å². The molecule has 0 spiro atoms. The summed E-state index contributed by atoms with van der Waals surface area (Å²) in [6.07, 6.45) is -0.118. The Balaban J connectivity index is 1.84. The van der Waals surface area contributed by atoms with Crippen LogP contribution in [0.15, 0.2) is 54.6 Å². The molecule has 1 atom stereocenters. The first kappa shape index (κ1) is 16.1. The van der Waals surface area contributed by atoms with E-state index in [1.807, 2.05) is 30.3 Å². The smallest absolute Gasteiger partial charge is 0.416 e. The van der Waals surface area contributed by atoms with Crippen LogP contribution in [0, 0.1) is 0 Å². The second kappa shape index (κ2) is 7.17. The molecule has 1 heterocycles. The fourth-order valence-electron chi connectivity index (χ4n) is 2.81. The summed E-state index contributed by atoms with van der Waals surface area (Å²) in [6.45, 7) is 2.35. The van der Waals surface area contributed by atoms with E-state index in [9.17, 15) is 9.59 Å². The first-order valence-corrected chi connectivity index (χ1v) is 7.96. The number of rotatable bonds is 3. The van der Waals surface area contributed by atoms with E-state index in [0.717, 1.165) is 11.1 Å². The SMILES string of the molecule is CCOC(=O)C1Cc2ccccc2CN1C(=O)Oc1ccccc1. The zero-order valence-corrected chi connectivity index (χ0v) is 13.5. The van der Waals surface area contributed by atoms with Gasteiger partial charge < -0.3 is 9.47 Å². The number of carbonyl (C=O) groups is 2. The molecule has 0 saturated heterocycles. The second-order valence-electron chi connectivity index (χ2n) is 5.55. The van der Waals surface area contributed by atoms with E-state index in [0.29, 0.717) is 18.7 Å². The fourth-order valence-corrected chi connectivity index (χ4v) is 2.81. The van der Waals surface area contributed by atoms with E-state index in [1.54, 1.807) is 31.2 Å². The van der Waals surface area contributed by atoms with Crippen molar-refractivity contribution in [3.05, 3.63) is 65.7 Å². The molecular weight excluding hydrogens is 306 g/mol. The van der Waals surface area contributed by atoms with Gasteiger partial charge in [-0.1, -0.05) is 42.5 Å². The molecule has 124 valence electrons. The summed E-state index contributed by atoms with van der Waals surface area (Å²) in [5.41, 5.74) is 2.07. The van der Waals surface area contributed by atoms with Crippen LogP contribution in [0.1, 0.15) is 18.1 Å². The number of fused-ring (bicyclic) bond motifs is 1. The maximum Gasteiger partial charge on any atom is 0.416 e. The van der Waals surface area contributed by atoms with Crippen LogP contribution in [0.5, 0.6) is 5.75 Å². The number of benzene rings is 2. The van der Waals surface area contributed by atoms with Crippen LogP contribution in [0.25, 0.3) is 0 Å². The molecule has 0 saturated carbocycles. The van der Waals surface area contributed by atoms with Gasteiger partial charge >= 0.3 is 12.1 Å². The van der Waals surface area contributed by atoms with Crippen LogP contribution < -0.4 is 4.74 Å². The molecule has 2 aromatic rings. The standard InChI is InChI=1S/C19H19NO4/c1-2-23-18(21)17-12-14-8-6-7-9-15(14)13-20(17)19(22)24-16-10-4-3-5-11-16/h3-11,17H,2,12-13H2,1H3. The highest BCUT2D eigenvalue weighted by atomic mass is 16.6. The minimum Gasteiger partial charge on any atom is -0.464 e. The van der Waals surface area contributed by atoms with Crippen LogP contribution in [0.3, 0.4) is 0 Å². The van der Waals surface area contributed by atoms with Crippen LogP contribution in [0.4, 0.5) is 4.79 Å². The molecular formula is C19H19NO4. The lowest BCUT2D eigenvalue weighted by Gasteiger charge is -2.34.